The topological polar surface area (TPSA) is 142 Å². The fraction of sp³-hybridized carbons (Fsp3) is 0.875. The number of nitrogens with one attached hydrogen (secondary N) is 1. The standard InChI is InChI=1S/C24H46N2O7S/c1-11-16(3)24(10,12-2)20(28)25-19(26-22(6,7)15-34(30,31)32)17(4)18(5)23(8,9)21(29)33-14-13-27/h16-18,27H,11-15H2,1-10H3,(H,25,26,28)(H,30,31,32). The molecule has 0 rings (SSSR count). The van der Waals surface area contributed by atoms with Crippen LogP contribution in [0.25, 0.3) is 0 Å². The van der Waals surface area contributed by atoms with E-state index >= 15 is 0 Å². The van der Waals surface area contributed by atoms with Gasteiger partial charge in [0, 0.05) is 11.5 Å². The van der Waals surface area contributed by atoms with Crippen molar-refractivity contribution < 1.29 is 32.4 Å². The number of hydrogen-bond donors (Lipinski definition) is 3. The monoisotopic (exact) mass is 506 g/mol. The summed E-state index contributed by atoms with van der Waals surface area (Å²) in [5.74, 6) is -1.95. The minimum absolute atomic E-state index is 0.0680. The van der Waals surface area contributed by atoms with Gasteiger partial charge in [0.1, 0.15) is 12.4 Å². The molecule has 4 atom stereocenters. The first kappa shape index (κ1) is 32.5. The van der Waals surface area contributed by atoms with Gasteiger partial charge in [-0.15, -0.1) is 0 Å². The molecule has 0 aromatic carbocycles. The second-order valence-electron chi connectivity index (χ2n) is 10.8. The molecule has 0 saturated carbocycles. The van der Waals surface area contributed by atoms with Crippen LogP contribution in [-0.4, -0.2) is 60.3 Å². The van der Waals surface area contributed by atoms with Gasteiger partial charge in [-0.25, -0.2) is 0 Å². The SMILES string of the molecule is CCC(C)C(C)(CC)C(=O)/N=C(/NC(C)(C)CS(=O)(=O)O)C(C)C(C)C(C)(C)C(=O)OCCO. The Hall–Kier alpha value is -1.52. The molecule has 0 fully saturated rings. The van der Waals surface area contributed by atoms with E-state index in [1.807, 2.05) is 34.6 Å². The number of esters is 1. The number of aliphatic hydroxyl groups is 1. The maximum Gasteiger partial charge on any atom is 0.311 e. The molecular weight excluding hydrogens is 460 g/mol. The summed E-state index contributed by atoms with van der Waals surface area (Å²) in [7, 11) is -4.30. The molecule has 0 saturated heterocycles. The van der Waals surface area contributed by atoms with Gasteiger partial charge >= 0.3 is 5.97 Å². The molecule has 0 aliphatic heterocycles. The fourth-order valence-electron chi connectivity index (χ4n) is 3.85. The van der Waals surface area contributed by atoms with Crippen molar-refractivity contribution in [2.45, 2.75) is 87.6 Å². The van der Waals surface area contributed by atoms with Crippen LogP contribution in [0.4, 0.5) is 0 Å². The predicted octanol–water partition coefficient (Wildman–Crippen LogP) is 3.46. The normalized spacial score (nSPS) is 17.9. The van der Waals surface area contributed by atoms with Gasteiger partial charge in [-0.05, 0) is 46.0 Å². The molecule has 4 unspecified atom stereocenters. The van der Waals surface area contributed by atoms with Gasteiger partial charge in [-0.1, -0.05) is 48.0 Å². The van der Waals surface area contributed by atoms with Crippen LogP contribution in [0, 0.1) is 28.6 Å². The summed E-state index contributed by atoms with van der Waals surface area (Å²) in [6.07, 6.45) is 1.37. The van der Waals surface area contributed by atoms with Crippen LogP contribution in [0.2, 0.25) is 0 Å². The summed E-state index contributed by atoms with van der Waals surface area (Å²) in [5, 5.41) is 12.1. The summed E-state index contributed by atoms with van der Waals surface area (Å²) >= 11 is 0. The van der Waals surface area contributed by atoms with Gasteiger partial charge in [0.25, 0.3) is 16.0 Å². The maximum absolute atomic E-state index is 13.4. The molecule has 0 aromatic rings. The predicted molar refractivity (Wildman–Crippen MR) is 134 cm³/mol. The average molecular weight is 507 g/mol. The second-order valence-corrected chi connectivity index (χ2v) is 12.2. The molecule has 0 aliphatic carbocycles. The Morgan fingerprint density at radius 1 is 1.06 bits per heavy atom. The summed E-state index contributed by atoms with van der Waals surface area (Å²) in [6.45, 7) is 17.6. The molecule has 0 bridgehead atoms. The average Bonchev–Trinajstić information content (AvgIpc) is 2.72. The molecule has 3 N–H and O–H groups in total. The van der Waals surface area contributed by atoms with Crippen molar-refractivity contribution in [3.8, 4) is 0 Å². The smallest absolute Gasteiger partial charge is 0.311 e. The Balaban J connectivity index is 6.42. The third kappa shape index (κ3) is 8.92. The van der Waals surface area contributed by atoms with Crippen molar-refractivity contribution in [2.24, 2.45) is 33.6 Å². The van der Waals surface area contributed by atoms with E-state index in [0.29, 0.717) is 6.42 Å². The van der Waals surface area contributed by atoms with Crippen LogP contribution in [0.15, 0.2) is 4.99 Å². The highest BCUT2D eigenvalue weighted by atomic mass is 32.2. The number of aliphatic imine (C=N–C) groups is 1. The molecule has 0 radical (unpaired) electrons. The van der Waals surface area contributed by atoms with Crippen LogP contribution >= 0.6 is 0 Å². The van der Waals surface area contributed by atoms with Crippen molar-refractivity contribution in [3.63, 3.8) is 0 Å². The van der Waals surface area contributed by atoms with Crippen LogP contribution in [0.5, 0.6) is 0 Å². The van der Waals surface area contributed by atoms with Gasteiger partial charge in [-0.3, -0.25) is 14.1 Å². The van der Waals surface area contributed by atoms with Gasteiger partial charge in [-0.2, -0.15) is 13.4 Å². The van der Waals surface area contributed by atoms with Crippen molar-refractivity contribution in [1.82, 2.24) is 5.32 Å². The van der Waals surface area contributed by atoms with E-state index in [0.717, 1.165) is 6.42 Å². The Bertz CT molecular complexity index is 836. The number of amidine groups is 1. The van der Waals surface area contributed by atoms with Crippen molar-refractivity contribution in [3.05, 3.63) is 0 Å². The molecule has 34 heavy (non-hydrogen) atoms. The fourth-order valence-corrected chi connectivity index (χ4v) is 4.84. The Morgan fingerprint density at radius 2 is 1.59 bits per heavy atom. The second kappa shape index (κ2) is 12.4. The lowest BCUT2D eigenvalue weighted by Crippen LogP contribution is -2.53. The van der Waals surface area contributed by atoms with Gasteiger partial charge in [0.05, 0.1) is 23.2 Å². The van der Waals surface area contributed by atoms with Gasteiger partial charge in [0.2, 0.25) is 0 Å². The molecule has 9 nitrogen and oxygen atoms in total. The number of ether oxygens (including phenoxy) is 1. The van der Waals surface area contributed by atoms with Crippen molar-refractivity contribution in [2.75, 3.05) is 19.0 Å². The van der Waals surface area contributed by atoms with Gasteiger partial charge in [0.15, 0.2) is 0 Å². The Kier molecular flexibility index (Phi) is 11.9. The van der Waals surface area contributed by atoms with E-state index in [-0.39, 0.29) is 36.8 Å². The lowest BCUT2D eigenvalue weighted by atomic mass is 9.72. The van der Waals surface area contributed by atoms with E-state index in [1.165, 1.54) is 0 Å². The minimum atomic E-state index is -4.30. The van der Waals surface area contributed by atoms with Gasteiger partial charge < -0.3 is 15.2 Å². The van der Waals surface area contributed by atoms with E-state index in [9.17, 15) is 22.6 Å². The Labute approximate surface area is 205 Å². The first-order valence-corrected chi connectivity index (χ1v) is 13.5. The maximum atomic E-state index is 13.4. The van der Waals surface area contributed by atoms with E-state index in [4.69, 9.17) is 9.84 Å². The number of carbonyl (C=O) groups excluding carboxylic acids is 2. The number of carbonyl (C=O) groups is 2. The highest BCUT2D eigenvalue weighted by Gasteiger charge is 2.42. The molecule has 0 aliphatic rings. The molecule has 1 amide bonds. The van der Waals surface area contributed by atoms with Crippen LogP contribution in [0.3, 0.4) is 0 Å². The lowest BCUT2D eigenvalue weighted by molar-refractivity contribution is -0.158. The number of aliphatic hydroxyl groups excluding tert-OH is 1. The third-order valence-electron chi connectivity index (χ3n) is 7.32. The Morgan fingerprint density at radius 3 is 2.00 bits per heavy atom. The quantitative estimate of drug-likeness (QED) is 0.149. The first-order chi connectivity index (χ1) is 15.3. The minimum Gasteiger partial charge on any atom is -0.463 e. The molecule has 0 spiro atoms. The number of amides is 1. The highest BCUT2D eigenvalue weighted by Crippen LogP contribution is 2.37. The molecular formula is C24H46N2O7S. The zero-order valence-electron chi connectivity index (χ0n) is 22.6. The first-order valence-electron chi connectivity index (χ1n) is 11.9. The summed E-state index contributed by atoms with van der Waals surface area (Å²) in [5.41, 5.74) is -2.84. The van der Waals surface area contributed by atoms with Crippen molar-refractivity contribution in [1.29, 1.82) is 0 Å². The summed E-state index contributed by atoms with van der Waals surface area (Å²) < 4.78 is 37.7. The van der Waals surface area contributed by atoms with Crippen LogP contribution in [0.1, 0.15) is 82.1 Å². The van der Waals surface area contributed by atoms with Crippen molar-refractivity contribution >= 4 is 27.8 Å². The zero-order chi connectivity index (χ0) is 27.1. The highest BCUT2D eigenvalue weighted by molar-refractivity contribution is 7.85. The van der Waals surface area contributed by atoms with E-state index in [1.54, 1.807) is 34.6 Å². The zero-order valence-corrected chi connectivity index (χ0v) is 23.4. The van der Waals surface area contributed by atoms with E-state index in [2.05, 4.69) is 10.3 Å². The number of nitrogens with zero attached hydrogens (tertiary/aromatic N) is 1. The molecule has 0 aromatic heterocycles. The summed E-state index contributed by atoms with van der Waals surface area (Å²) in [6, 6.07) is 0. The molecule has 10 heteroatoms. The number of hydrogen-bond acceptors (Lipinski definition) is 6. The third-order valence-corrected chi connectivity index (χ3v) is 8.41. The largest absolute Gasteiger partial charge is 0.463 e. The lowest BCUT2D eigenvalue weighted by Gasteiger charge is -2.37. The summed E-state index contributed by atoms with van der Waals surface area (Å²) in [4.78, 5) is 30.5. The molecule has 200 valence electrons. The van der Waals surface area contributed by atoms with E-state index < -0.39 is 44.1 Å². The number of rotatable bonds is 13. The van der Waals surface area contributed by atoms with Crippen LogP contribution < -0.4 is 5.32 Å². The molecule has 0 heterocycles. The van der Waals surface area contributed by atoms with Crippen LogP contribution in [-0.2, 0) is 24.4 Å².